The molecule has 0 N–H and O–H groups in total. The minimum atomic E-state index is -4.35. The molecule has 0 fully saturated rings. The summed E-state index contributed by atoms with van der Waals surface area (Å²) < 4.78 is 45.0. The fourth-order valence-electron chi connectivity index (χ4n) is 1.34. The Morgan fingerprint density at radius 2 is 2.05 bits per heavy atom. The molecule has 0 amide bonds. The molecule has 0 aliphatic rings. The Labute approximate surface area is 120 Å². The Hall–Kier alpha value is -1.38. The van der Waals surface area contributed by atoms with Crippen LogP contribution in [-0.2, 0) is 4.74 Å². The van der Waals surface area contributed by atoms with E-state index in [0.29, 0.717) is 18.1 Å². The van der Waals surface area contributed by atoms with Gasteiger partial charge in [-0.2, -0.15) is 13.2 Å². The van der Waals surface area contributed by atoms with E-state index in [1.807, 2.05) is 6.92 Å². The van der Waals surface area contributed by atoms with Crippen molar-refractivity contribution in [2.45, 2.75) is 19.5 Å². The van der Waals surface area contributed by atoms with Crippen LogP contribution in [0.2, 0.25) is 0 Å². The molecule has 1 rings (SSSR count). The highest BCUT2D eigenvalue weighted by molar-refractivity contribution is 6.18. The predicted molar refractivity (Wildman–Crippen MR) is 70.9 cm³/mol. The van der Waals surface area contributed by atoms with Gasteiger partial charge in [-0.1, -0.05) is 11.8 Å². The Balaban J connectivity index is 2.50. The lowest BCUT2D eigenvalue weighted by Gasteiger charge is -2.10. The third-order valence-electron chi connectivity index (χ3n) is 2.22. The molecule has 0 aliphatic carbocycles. The lowest BCUT2D eigenvalue weighted by atomic mass is 10.1. The maximum absolute atomic E-state index is 11.8. The normalized spacial score (nSPS) is 10.8. The van der Waals surface area contributed by atoms with Crippen LogP contribution in [0.15, 0.2) is 18.2 Å². The average molecular weight is 307 g/mol. The van der Waals surface area contributed by atoms with Crippen molar-refractivity contribution >= 4 is 11.6 Å². The summed E-state index contributed by atoms with van der Waals surface area (Å²) in [5.74, 6) is 6.78. The molecule has 110 valence electrons. The van der Waals surface area contributed by atoms with Crippen molar-refractivity contribution in [1.29, 1.82) is 0 Å². The van der Waals surface area contributed by atoms with Gasteiger partial charge >= 0.3 is 6.18 Å². The van der Waals surface area contributed by atoms with Gasteiger partial charge in [0.1, 0.15) is 12.4 Å². The summed E-state index contributed by atoms with van der Waals surface area (Å²) in [5.41, 5.74) is 1.71. The minimum absolute atomic E-state index is 0.438. The highest BCUT2D eigenvalue weighted by Gasteiger charge is 2.27. The highest BCUT2D eigenvalue weighted by Crippen LogP contribution is 2.18. The number of alkyl halides is 4. The van der Waals surface area contributed by atoms with Gasteiger partial charge in [-0.15, -0.1) is 11.6 Å². The van der Waals surface area contributed by atoms with Crippen molar-refractivity contribution in [3.8, 4) is 17.6 Å². The van der Waals surface area contributed by atoms with E-state index in [2.05, 4.69) is 16.6 Å². The second-order valence-corrected chi connectivity index (χ2v) is 4.32. The molecule has 2 nitrogen and oxygen atoms in total. The average Bonchev–Trinajstić information content (AvgIpc) is 2.36. The summed E-state index contributed by atoms with van der Waals surface area (Å²) in [5, 5.41) is 0. The van der Waals surface area contributed by atoms with Crippen molar-refractivity contribution in [3.05, 3.63) is 29.3 Å². The van der Waals surface area contributed by atoms with Crippen LogP contribution in [0.25, 0.3) is 0 Å². The van der Waals surface area contributed by atoms with Crippen LogP contribution in [0.5, 0.6) is 5.75 Å². The van der Waals surface area contributed by atoms with Gasteiger partial charge in [0.2, 0.25) is 0 Å². The Morgan fingerprint density at radius 1 is 1.30 bits per heavy atom. The Kier molecular flexibility index (Phi) is 6.69. The van der Waals surface area contributed by atoms with Gasteiger partial charge in [-0.3, -0.25) is 0 Å². The zero-order valence-corrected chi connectivity index (χ0v) is 11.6. The second-order valence-electron chi connectivity index (χ2n) is 3.94. The molecular formula is C14H14ClF3O2. The van der Waals surface area contributed by atoms with E-state index >= 15 is 0 Å². The SMILES string of the molecule is Cc1cc(OCOCC(F)(F)F)ccc1C#CCCCl. The molecule has 0 aliphatic heterocycles. The zero-order valence-electron chi connectivity index (χ0n) is 10.9. The molecule has 0 saturated heterocycles. The standard InChI is InChI=1S/C14H14ClF3O2/c1-11-8-13(20-10-19-9-14(16,17)18)6-5-12(11)4-2-3-7-15/h5-6,8H,3,7,9-10H2,1H3. The number of hydrogen-bond donors (Lipinski definition) is 0. The van der Waals surface area contributed by atoms with Crippen LogP contribution in [0.1, 0.15) is 17.5 Å². The third-order valence-corrected chi connectivity index (χ3v) is 2.40. The largest absolute Gasteiger partial charge is 0.468 e. The van der Waals surface area contributed by atoms with Crippen molar-refractivity contribution in [2.75, 3.05) is 19.3 Å². The molecular weight excluding hydrogens is 293 g/mol. The molecule has 0 aromatic heterocycles. The van der Waals surface area contributed by atoms with Crippen molar-refractivity contribution in [2.24, 2.45) is 0 Å². The number of rotatable bonds is 5. The first kappa shape index (κ1) is 16.7. The smallest absolute Gasteiger partial charge is 0.411 e. The number of halogens is 4. The van der Waals surface area contributed by atoms with Gasteiger partial charge < -0.3 is 9.47 Å². The third kappa shape index (κ3) is 6.69. The van der Waals surface area contributed by atoms with E-state index in [9.17, 15) is 13.2 Å². The quantitative estimate of drug-likeness (QED) is 0.356. The lowest BCUT2D eigenvalue weighted by molar-refractivity contribution is -0.186. The molecule has 1 aromatic carbocycles. The molecule has 1 aromatic rings. The van der Waals surface area contributed by atoms with Gasteiger partial charge in [-0.05, 0) is 30.7 Å². The molecule has 0 bridgehead atoms. The van der Waals surface area contributed by atoms with Crippen LogP contribution < -0.4 is 4.74 Å². The molecule has 20 heavy (non-hydrogen) atoms. The molecule has 0 heterocycles. The van der Waals surface area contributed by atoms with Gasteiger partial charge in [0.15, 0.2) is 6.79 Å². The van der Waals surface area contributed by atoms with Crippen molar-refractivity contribution in [1.82, 2.24) is 0 Å². The molecule has 0 atom stereocenters. The van der Waals surface area contributed by atoms with E-state index in [-0.39, 0.29) is 0 Å². The monoisotopic (exact) mass is 306 g/mol. The zero-order chi connectivity index (χ0) is 15.0. The molecule has 0 saturated carbocycles. The molecule has 0 spiro atoms. The maximum atomic E-state index is 11.8. The van der Waals surface area contributed by atoms with E-state index in [4.69, 9.17) is 16.3 Å². The van der Waals surface area contributed by atoms with Gasteiger partial charge in [0, 0.05) is 17.9 Å². The number of hydrogen-bond acceptors (Lipinski definition) is 2. The fraction of sp³-hybridized carbons (Fsp3) is 0.429. The predicted octanol–water partition coefficient (Wildman–Crippen LogP) is 3.89. The maximum Gasteiger partial charge on any atom is 0.411 e. The van der Waals surface area contributed by atoms with Crippen molar-refractivity contribution < 1.29 is 22.6 Å². The fourth-order valence-corrected chi connectivity index (χ4v) is 1.43. The van der Waals surface area contributed by atoms with Crippen molar-refractivity contribution in [3.63, 3.8) is 0 Å². The Bertz CT molecular complexity index is 489. The molecule has 6 heteroatoms. The van der Waals surface area contributed by atoms with Gasteiger partial charge in [-0.25, -0.2) is 0 Å². The van der Waals surface area contributed by atoms with E-state index in [1.54, 1.807) is 18.2 Å². The van der Waals surface area contributed by atoms with Gasteiger partial charge in [0.05, 0.1) is 0 Å². The van der Waals surface area contributed by atoms with E-state index in [0.717, 1.165) is 11.1 Å². The second kappa shape index (κ2) is 8.03. The van der Waals surface area contributed by atoms with Crippen LogP contribution in [-0.4, -0.2) is 25.5 Å². The first-order valence-electron chi connectivity index (χ1n) is 5.85. The van der Waals surface area contributed by atoms with E-state index in [1.165, 1.54) is 0 Å². The van der Waals surface area contributed by atoms with Crippen LogP contribution in [0.4, 0.5) is 13.2 Å². The number of aryl methyl sites for hydroxylation is 1. The summed E-state index contributed by atoms with van der Waals surface area (Å²) >= 11 is 5.52. The topological polar surface area (TPSA) is 18.5 Å². The Morgan fingerprint density at radius 3 is 2.65 bits per heavy atom. The summed E-state index contributed by atoms with van der Waals surface area (Å²) in [6.45, 7) is 0.0678. The number of benzene rings is 1. The van der Waals surface area contributed by atoms with Crippen LogP contribution >= 0.6 is 11.6 Å². The first-order chi connectivity index (χ1) is 9.42. The minimum Gasteiger partial charge on any atom is -0.468 e. The first-order valence-corrected chi connectivity index (χ1v) is 6.38. The van der Waals surface area contributed by atoms with Crippen LogP contribution in [0.3, 0.4) is 0 Å². The van der Waals surface area contributed by atoms with Gasteiger partial charge in [0.25, 0.3) is 0 Å². The summed E-state index contributed by atoms with van der Waals surface area (Å²) in [6.07, 6.45) is -3.74. The summed E-state index contributed by atoms with van der Waals surface area (Å²) in [4.78, 5) is 0. The number of ether oxygens (including phenoxy) is 2. The summed E-state index contributed by atoms with van der Waals surface area (Å²) in [6, 6.07) is 5.08. The summed E-state index contributed by atoms with van der Waals surface area (Å²) in [7, 11) is 0. The molecule has 0 radical (unpaired) electrons. The lowest BCUT2D eigenvalue weighted by Crippen LogP contribution is -2.19. The van der Waals surface area contributed by atoms with E-state index < -0.39 is 19.6 Å². The highest BCUT2D eigenvalue weighted by atomic mass is 35.5. The van der Waals surface area contributed by atoms with Crippen LogP contribution in [0, 0.1) is 18.8 Å². The molecule has 0 unspecified atom stereocenters.